The Bertz CT molecular complexity index is 422. The molecule has 20 heavy (non-hydrogen) atoms. The molecule has 2 N–H and O–H groups in total. The molecule has 1 aromatic heterocycles. The molecule has 112 valence electrons. The number of thiazole rings is 1. The maximum absolute atomic E-state index is 5.77. The first-order valence-corrected chi connectivity index (χ1v) is 8.44. The predicted molar refractivity (Wildman–Crippen MR) is 90.6 cm³/mol. The summed E-state index contributed by atoms with van der Waals surface area (Å²) in [6.07, 6.45) is 4.10. The van der Waals surface area contributed by atoms with Crippen LogP contribution in [0.4, 0.5) is 5.13 Å². The van der Waals surface area contributed by atoms with Crippen LogP contribution in [0.5, 0.6) is 0 Å². The van der Waals surface area contributed by atoms with E-state index in [-0.39, 0.29) is 5.41 Å². The van der Waals surface area contributed by atoms with E-state index < -0.39 is 0 Å². The van der Waals surface area contributed by atoms with Gasteiger partial charge in [-0.1, -0.05) is 26.1 Å². The molecule has 1 aliphatic rings. The number of thiocarbonyl (C=S) groups is 1. The summed E-state index contributed by atoms with van der Waals surface area (Å²) < 4.78 is 0. The van der Waals surface area contributed by atoms with E-state index in [4.69, 9.17) is 18.0 Å². The molecule has 0 atom stereocenters. The van der Waals surface area contributed by atoms with Crippen molar-refractivity contribution >= 4 is 33.7 Å². The van der Waals surface area contributed by atoms with Crippen LogP contribution in [0.3, 0.4) is 0 Å². The molecule has 4 nitrogen and oxygen atoms in total. The van der Waals surface area contributed by atoms with Gasteiger partial charge in [-0.2, -0.15) is 0 Å². The Morgan fingerprint density at radius 3 is 2.65 bits per heavy atom. The quantitative estimate of drug-likeness (QED) is 0.817. The van der Waals surface area contributed by atoms with Crippen molar-refractivity contribution in [2.75, 3.05) is 37.6 Å². The highest BCUT2D eigenvalue weighted by Crippen LogP contribution is 2.23. The molecule has 0 radical (unpaired) electrons. The molecule has 1 aliphatic heterocycles. The monoisotopic (exact) mass is 312 g/mol. The maximum atomic E-state index is 5.77. The van der Waals surface area contributed by atoms with E-state index in [0.717, 1.165) is 50.7 Å². The number of nitrogens with zero attached hydrogens (tertiary/aromatic N) is 3. The van der Waals surface area contributed by atoms with E-state index in [2.05, 4.69) is 28.6 Å². The normalized spacial score (nSPS) is 17.4. The number of nitrogens with two attached hydrogens (primary N) is 1. The van der Waals surface area contributed by atoms with Crippen LogP contribution in [0.2, 0.25) is 0 Å². The molecule has 2 rings (SSSR count). The van der Waals surface area contributed by atoms with Gasteiger partial charge in [0.15, 0.2) is 5.13 Å². The standard InChI is InChI=1S/C14H24N4S2/c1-14(2,12(15)19)4-3-6-17-7-9-18(10-8-17)13-16-5-11-20-13/h5,11H,3-4,6-10H2,1-2H3,(H2,15,19). The third-order valence-corrected chi connectivity index (χ3v) is 5.39. The maximum Gasteiger partial charge on any atom is 0.185 e. The minimum atomic E-state index is -0.0158. The molecule has 1 fully saturated rings. The van der Waals surface area contributed by atoms with Crippen molar-refractivity contribution in [2.24, 2.45) is 11.1 Å². The Morgan fingerprint density at radius 1 is 1.40 bits per heavy atom. The molecule has 1 saturated heterocycles. The van der Waals surface area contributed by atoms with Gasteiger partial charge in [0.05, 0.1) is 4.99 Å². The van der Waals surface area contributed by atoms with Gasteiger partial charge in [0.25, 0.3) is 0 Å². The van der Waals surface area contributed by atoms with Gasteiger partial charge in [-0.15, -0.1) is 11.3 Å². The van der Waals surface area contributed by atoms with E-state index in [1.807, 2.05) is 11.6 Å². The number of piperazine rings is 1. The lowest BCUT2D eigenvalue weighted by atomic mass is 9.88. The van der Waals surface area contributed by atoms with E-state index in [0.29, 0.717) is 4.99 Å². The van der Waals surface area contributed by atoms with Crippen LogP contribution in [-0.4, -0.2) is 47.6 Å². The second-order valence-electron chi connectivity index (χ2n) is 6.00. The van der Waals surface area contributed by atoms with E-state index >= 15 is 0 Å². The van der Waals surface area contributed by atoms with Crippen LogP contribution in [0.25, 0.3) is 0 Å². The highest BCUT2D eigenvalue weighted by molar-refractivity contribution is 7.80. The summed E-state index contributed by atoms with van der Waals surface area (Å²) >= 11 is 6.84. The first kappa shape index (κ1) is 15.7. The van der Waals surface area contributed by atoms with Crippen LogP contribution in [0.15, 0.2) is 11.6 Å². The number of rotatable bonds is 6. The second-order valence-corrected chi connectivity index (χ2v) is 7.31. The topological polar surface area (TPSA) is 45.4 Å². The average Bonchev–Trinajstić information content (AvgIpc) is 2.93. The van der Waals surface area contributed by atoms with Crippen molar-refractivity contribution in [1.29, 1.82) is 0 Å². The molecular formula is C14H24N4S2. The van der Waals surface area contributed by atoms with Crippen molar-refractivity contribution in [3.63, 3.8) is 0 Å². The molecule has 0 aromatic carbocycles. The zero-order valence-corrected chi connectivity index (χ0v) is 14.0. The van der Waals surface area contributed by atoms with Crippen molar-refractivity contribution < 1.29 is 0 Å². The van der Waals surface area contributed by atoms with Crippen molar-refractivity contribution in [2.45, 2.75) is 26.7 Å². The Labute approximate surface area is 131 Å². The van der Waals surface area contributed by atoms with Crippen molar-refractivity contribution in [1.82, 2.24) is 9.88 Å². The zero-order valence-electron chi connectivity index (χ0n) is 12.3. The zero-order chi connectivity index (χ0) is 14.6. The Balaban J connectivity index is 1.69. The van der Waals surface area contributed by atoms with Crippen molar-refractivity contribution in [3.05, 3.63) is 11.6 Å². The highest BCUT2D eigenvalue weighted by Gasteiger charge is 2.22. The molecule has 0 spiro atoms. The molecule has 1 aromatic rings. The number of hydrogen-bond donors (Lipinski definition) is 1. The molecule has 0 amide bonds. The SMILES string of the molecule is CC(C)(CCCN1CCN(c2nccs2)CC1)C(N)=S. The molecule has 2 heterocycles. The summed E-state index contributed by atoms with van der Waals surface area (Å²) in [5, 5.41) is 3.19. The summed E-state index contributed by atoms with van der Waals surface area (Å²) in [5.41, 5.74) is 5.75. The third kappa shape index (κ3) is 4.14. The fourth-order valence-electron chi connectivity index (χ4n) is 2.40. The van der Waals surface area contributed by atoms with Gasteiger partial charge in [-0.05, 0) is 19.4 Å². The fourth-order valence-corrected chi connectivity index (χ4v) is 3.20. The molecule has 0 unspecified atom stereocenters. The summed E-state index contributed by atoms with van der Waals surface area (Å²) in [6.45, 7) is 9.79. The van der Waals surface area contributed by atoms with E-state index in [9.17, 15) is 0 Å². The largest absolute Gasteiger partial charge is 0.393 e. The van der Waals surface area contributed by atoms with Gasteiger partial charge in [0, 0.05) is 43.2 Å². The highest BCUT2D eigenvalue weighted by atomic mass is 32.1. The lowest BCUT2D eigenvalue weighted by molar-refractivity contribution is 0.244. The van der Waals surface area contributed by atoms with Gasteiger partial charge in [0.2, 0.25) is 0 Å². The summed E-state index contributed by atoms with van der Waals surface area (Å²) in [7, 11) is 0. The minimum absolute atomic E-state index is 0.0158. The van der Waals surface area contributed by atoms with Crippen LogP contribution >= 0.6 is 23.6 Å². The number of anilines is 1. The Hall–Kier alpha value is -0.720. The van der Waals surface area contributed by atoms with E-state index in [1.54, 1.807) is 11.3 Å². The second kappa shape index (κ2) is 6.83. The minimum Gasteiger partial charge on any atom is -0.393 e. The molecular weight excluding hydrogens is 288 g/mol. The molecule has 0 aliphatic carbocycles. The molecule has 6 heteroatoms. The average molecular weight is 313 g/mol. The van der Waals surface area contributed by atoms with Crippen LogP contribution < -0.4 is 10.6 Å². The summed E-state index contributed by atoms with van der Waals surface area (Å²) in [6, 6.07) is 0. The molecule has 0 saturated carbocycles. The first-order chi connectivity index (χ1) is 9.49. The van der Waals surface area contributed by atoms with Gasteiger partial charge in [0.1, 0.15) is 0 Å². The first-order valence-electron chi connectivity index (χ1n) is 7.16. The summed E-state index contributed by atoms with van der Waals surface area (Å²) in [5.74, 6) is 0. The summed E-state index contributed by atoms with van der Waals surface area (Å²) in [4.78, 5) is 9.91. The van der Waals surface area contributed by atoms with Gasteiger partial charge in [-0.25, -0.2) is 4.98 Å². The van der Waals surface area contributed by atoms with E-state index in [1.165, 1.54) is 0 Å². The molecule has 0 bridgehead atoms. The lowest BCUT2D eigenvalue weighted by Gasteiger charge is -2.35. The van der Waals surface area contributed by atoms with Crippen LogP contribution in [0, 0.1) is 5.41 Å². The fraction of sp³-hybridized carbons (Fsp3) is 0.714. The lowest BCUT2D eigenvalue weighted by Crippen LogP contribution is -2.46. The predicted octanol–water partition coefficient (Wildman–Crippen LogP) is 2.36. The van der Waals surface area contributed by atoms with Gasteiger partial charge < -0.3 is 10.6 Å². The third-order valence-electron chi connectivity index (χ3n) is 4.01. The van der Waals surface area contributed by atoms with Crippen LogP contribution in [0.1, 0.15) is 26.7 Å². The van der Waals surface area contributed by atoms with Crippen molar-refractivity contribution in [3.8, 4) is 0 Å². The van der Waals surface area contributed by atoms with Gasteiger partial charge in [-0.3, -0.25) is 4.90 Å². The Morgan fingerprint density at radius 2 is 2.10 bits per heavy atom. The number of aromatic nitrogens is 1. The smallest absolute Gasteiger partial charge is 0.185 e. The van der Waals surface area contributed by atoms with Gasteiger partial charge >= 0.3 is 0 Å². The van der Waals surface area contributed by atoms with Crippen LogP contribution in [-0.2, 0) is 0 Å². The Kier molecular flexibility index (Phi) is 5.35. The number of hydrogen-bond acceptors (Lipinski definition) is 5.